The maximum absolute atomic E-state index is 13.6. The largest absolute Gasteiger partial charge is 0.348 e. The standard InChI is InChI=1S/C12H14Cl2FNO4S/c1-12(2)19-6-7(20-12)5-16-21(17,18)9-4-3-8(13)11(15)10(9)14/h3-4,7,16H,5-6H2,1-2H3. The SMILES string of the molecule is CC1(C)OCC(CNS(=O)(=O)c2ccc(Cl)c(F)c2Cl)O1. The first kappa shape index (κ1) is 16.9. The molecule has 1 saturated heterocycles. The Morgan fingerprint density at radius 2 is 2.10 bits per heavy atom. The lowest BCUT2D eigenvalue weighted by molar-refractivity contribution is -0.137. The van der Waals surface area contributed by atoms with Crippen LogP contribution in [0.1, 0.15) is 13.8 Å². The van der Waals surface area contributed by atoms with Crippen LogP contribution in [0.5, 0.6) is 0 Å². The zero-order valence-corrected chi connectivity index (χ0v) is 13.6. The van der Waals surface area contributed by atoms with E-state index in [1.165, 1.54) is 0 Å². The van der Waals surface area contributed by atoms with Gasteiger partial charge in [0.15, 0.2) is 11.6 Å². The number of nitrogens with one attached hydrogen (secondary N) is 1. The van der Waals surface area contributed by atoms with E-state index in [0.29, 0.717) is 0 Å². The van der Waals surface area contributed by atoms with E-state index in [0.717, 1.165) is 12.1 Å². The van der Waals surface area contributed by atoms with Gasteiger partial charge in [0.1, 0.15) is 4.90 Å². The maximum atomic E-state index is 13.6. The second-order valence-electron chi connectivity index (χ2n) is 4.98. The molecular weight excluding hydrogens is 344 g/mol. The number of ether oxygens (including phenoxy) is 2. The molecule has 5 nitrogen and oxygen atoms in total. The highest BCUT2D eigenvalue weighted by atomic mass is 35.5. The molecule has 0 aliphatic carbocycles. The molecule has 1 aromatic rings. The smallest absolute Gasteiger partial charge is 0.242 e. The van der Waals surface area contributed by atoms with Crippen molar-refractivity contribution >= 4 is 33.2 Å². The summed E-state index contributed by atoms with van der Waals surface area (Å²) in [6.45, 7) is 3.71. The number of sulfonamides is 1. The van der Waals surface area contributed by atoms with Gasteiger partial charge in [-0.1, -0.05) is 23.2 Å². The van der Waals surface area contributed by atoms with Gasteiger partial charge in [0.25, 0.3) is 0 Å². The summed E-state index contributed by atoms with van der Waals surface area (Å²) in [5, 5.41) is -0.785. The molecule has 0 aromatic heterocycles. The average Bonchev–Trinajstić information content (AvgIpc) is 2.73. The van der Waals surface area contributed by atoms with Crippen molar-refractivity contribution in [3.05, 3.63) is 28.0 Å². The summed E-state index contributed by atoms with van der Waals surface area (Å²) in [6.07, 6.45) is -0.425. The Hall–Kier alpha value is -0.440. The summed E-state index contributed by atoms with van der Waals surface area (Å²) in [5.41, 5.74) is 0. The lowest BCUT2D eigenvalue weighted by Gasteiger charge is -2.17. The van der Waals surface area contributed by atoms with E-state index in [1.54, 1.807) is 13.8 Å². The number of hydrogen-bond donors (Lipinski definition) is 1. The van der Waals surface area contributed by atoms with Crippen molar-refractivity contribution in [3.8, 4) is 0 Å². The van der Waals surface area contributed by atoms with Gasteiger partial charge in [-0.05, 0) is 26.0 Å². The molecule has 0 saturated carbocycles. The first-order valence-corrected chi connectivity index (χ1v) is 8.31. The summed E-state index contributed by atoms with van der Waals surface area (Å²) in [7, 11) is -3.97. The molecule has 0 amide bonds. The van der Waals surface area contributed by atoms with Gasteiger partial charge in [0.05, 0.1) is 22.8 Å². The van der Waals surface area contributed by atoms with E-state index in [9.17, 15) is 12.8 Å². The van der Waals surface area contributed by atoms with Gasteiger partial charge in [-0.25, -0.2) is 17.5 Å². The molecule has 1 unspecified atom stereocenters. The van der Waals surface area contributed by atoms with Crippen LogP contribution in [-0.2, 0) is 19.5 Å². The third-order valence-electron chi connectivity index (χ3n) is 2.86. The molecule has 21 heavy (non-hydrogen) atoms. The van der Waals surface area contributed by atoms with Crippen LogP contribution >= 0.6 is 23.2 Å². The van der Waals surface area contributed by atoms with Crippen LogP contribution in [0.25, 0.3) is 0 Å². The van der Waals surface area contributed by atoms with E-state index < -0.39 is 32.8 Å². The summed E-state index contributed by atoms with van der Waals surface area (Å²) < 4.78 is 50.9. The Bertz CT molecular complexity index is 651. The number of benzene rings is 1. The summed E-state index contributed by atoms with van der Waals surface area (Å²) >= 11 is 11.2. The highest BCUT2D eigenvalue weighted by molar-refractivity contribution is 7.89. The van der Waals surface area contributed by atoms with Crippen molar-refractivity contribution < 1.29 is 22.3 Å². The fraction of sp³-hybridized carbons (Fsp3) is 0.500. The van der Waals surface area contributed by atoms with Crippen molar-refractivity contribution in [1.29, 1.82) is 0 Å². The summed E-state index contributed by atoms with van der Waals surface area (Å²) in [6, 6.07) is 2.28. The molecule has 1 heterocycles. The fourth-order valence-corrected chi connectivity index (χ4v) is 3.67. The topological polar surface area (TPSA) is 64.6 Å². The number of halogens is 3. The predicted molar refractivity (Wildman–Crippen MR) is 76.5 cm³/mol. The molecule has 1 fully saturated rings. The van der Waals surface area contributed by atoms with Crippen molar-refractivity contribution in [1.82, 2.24) is 4.72 Å². The van der Waals surface area contributed by atoms with Gasteiger partial charge in [0.2, 0.25) is 10.0 Å². The minimum Gasteiger partial charge on any atom is -0.348 e. The van der Waals surface area contributed by atoms with Crippen LogP contribution in [0.15, 0.2) is 17.0 Å². The first-order chi connectivity index (χ1) is 9.62. The molecule has 1 atom stereocenters. The van der Waals surface area contributed by atoms with Crippen LogP contribution in [0.2, 0.25) is 10.0 Å². The molecule has 0 bridgehead atoms. The molecule has 0 spiro atoms. The Morgan fingerprint density at radius 3 is 2.67 bits per heavy atom. The molecule has 1 aliphatic rings. The van der Waals surface area contributed by atoms with Crippen molar-refractivity contribution in [2.45, 2.75) is 30.6 Å². The lowest BCUT2D eigenvalue weighted by Crippen LogP contribution is -2.34. The van der Waals surface area contributed by atoms with Crippen LogP contribution in [-0.4, -0.2) is 33.5 Å². The zero-order chi connectivity index (χ0) is 15.8. The van der Waals surface area contributed by atoms with Crippen LogP contribution in [0.4, 0.5) is 4.39 Å². The van der Waals surface area contributed by atoms with Gasteiger partial charge in [0, 0.05) is 6.54 Å². The van der Waals surface area contributed by atoms with E-state index in [2.05, 4.69) is 4.72 Å². The highest BCUT2D eigenvalue weighted by Crippen LogP contribution is 2.29. The Morgan fingerprint density at radius 1 is 1.43 bits per heavy atom. The minimum atomic E-state index is -3.97. The van der Waals surface area contributed by atoms with Crippen LogP contribution in [0.3, 0.4) is 0 Å². The molecule has 1 aliphatic heterocycles. The molecular formula is C12H14Cl2FNO4S. The quantitative estimate of drug-likeness (QED) is 0.841. The second-order valence-corrected chi connectivity index (χ2v) is 7.50. The number of hydrogen-bond acceptors (Lipinski definition) is 4. The molecule has 2 rings (SSSR count). The van der Waals surface area contributed by atoms with Gasteiger partial charge in [-0.15, -0.1) is 0 Å². The van der Waals surface area contributed by atoms with Crippen LogP contribution in [0, 0.1) is 5.82 Å². The predicted octanol–water partition coefficient (Wildman–Crippen LogP) is 2.56. The fourth-order valence-electron chi connectivity index (χ4n) is 1.86. The van der Waals surface area contributed by atoms with E-state index in [4.69, 9.17) is 32.7 Å². The molecule has 1 aromatic carbocycles. The van der Waals surface area contributed by atoms with Crippen molar-refractivity contribution in [2.75, 3.05) is 13.2 Å². The average molecular weight is 358 g/mol. The maximum Gasteiger partial charge on any atom is 0.242 e. The van der Waals surface area contributed by atoms with Gasteiger partial charge in [-0.2, -0.15) is 0 Å². The molecule has 0 radical (unpaired) electrons. The lowest BCUT2D eigenvalue weighted by atomic mass is 10.3. The summed E-state index contributed by atoms with van der Waals surface area (Å²) in [4.78, 5) is -0.371. The third kappa shape index (κ3) is 3.85. The van der Waals surface area contributed by atoms with Crippen molar-refractivity contribution in [2.24, 2.45) is 0 Å². The van der Waals surface area contributed by atoms with Gasteiger partial charge < -0.3 is 9.47 Å². The van der Waals surface area contributed by atoms with Gasteiger partial charge in [-0.3, -0.25) is 0 Å². The Kier molecular flexibility index (Phi) is 4.82. The minimum absolute atomic E-state index is 0.00760. The van der Waals surface area contributed by atoms with Gasteiger partial charge >= 0.3 is 0 Å². The third-order valence-corrected chi connectivity index (χ3v) is 5.10. The normalized spacial score (nSPS) is 21.7. The first-order valence-electron chi connectivity index (χ1n) is 6.07. The highest BCUT2D eigenvalue weighted by Gasteiger charge is 2.33. The van der Waals surface area contributed by atoms with E-state index >= 15 is 0 Å². The van der Waals surface area contributed by atoms with E-state index in [-0.39, 0.29) is 23.1 Å². The Balaban J connectivity index is 2.11. The van der Waals surface area contributed by atoms with Crippen molar-refractivity contribution in [3.63, 3.8) is 0 Å². The molecule has 9 heteroatoms. The van der Waals surface area contributed by atoms with Crippen LogP contribution < -0.4 is 4.72 Å². The molecule has 118 valence electrons. The Labute approximate surface area is 132 Å². The summed E-state index contributed by atoms with van der Waals surface area (Å²) in [5.74, 6) is -1.72. The number of rotatable bonds is 4. The molecule has 1 N–H and O–H groups in total. The van der Waals surface area contributed by atoms with E-state index in [1.807, 2.05) is 0 Å². The second kappa shape index (κ2) is 5.98. The monoisotopic (exact) mass is 357 g/mol. The zero-order valence-electron chi connectivity index (χ0n) is 11.3.